The number of hydrogen-bond acceptors (Lipinski definition) is 4. The number of nitrogens with zero attached hydrogens (tertiary/aromatic N) is 1. The lowest BCUT2D eigenvalue weighted by Crippen LogP contribution is -2.42. The van der Waals surface area contributed by atoms with Gasteiger partial charge in [0.15, 0.2) is 0 Å². The molecule has 3 aromatic rings. The topological polar surface area (TPSA) is 74.2 Å². The van der Waals surface area contributed by atoms with Crippen LogP contribution in [0.4, 0.5) is 0 Å². The van der Waals surface area contributed by atoms with Crippen molar-refractivity contribution >= 4 is 48.2 Å². The van der Waals surface area contributed by atoms with Gasteiger partial charge in [-0.15, -0.1) is 4.72 Å². The summed E-state index contributed by atoms with van der Waals surface area (Å²) >= 11 is 2.12. The van der Waals surface area contributed by atoms with Crippen LogP contribution >= 0.6 is 15.9 Å². The predicted octanol–water partition coefficient (Wildman–Crippen LogP) is 5.07. The Morgan fingerprint density at radius 2 is 1.80 bits per heavy atom. The third kappa shape index (κ3) is 3.84. The lowest BCUT2D eigenvalue weighted by Gasteiger charge is -2.30. The fourth-order valence-corrected chi connectivity index (χ4v) is 6.64. The van der Waals surface area contributed by atoms with Gasteiger partial charge in [-0.2, -0.15) is 0 Å². The minimum atomic E-state index is -3.77. The van der Waals surface area contributed by atoms with Crippen LogP contribution in [-0.2, 0) is 27.8 Å². The van der Waals surface area contributed by atoms with Gasteiger partial charge in [-0.05, 0) is 70.4 Å². The molecule has 8 heteroatoms. The van der Waals surface area contributed by atoms with Crippen LogP contribution in [-0.4, -0.2) is 21.7 Å². The van der Waals surface area contributed by atoms with E-state index in [1.165, 1.54) is 3.97 Å². The zero-order valence-electron chi connectivity index (χ0n) is 17.2. The van der Waals surface area contributed by atoms with Crippen LogP contribution in [0.1, 0.15) is 50.9 Å². The molecule has 1 aromatic heterocycles. The minimum Gasteiger partial charge on any atom is -0.598 e. The molecular formula is C22H25BrN2O3S2. The molecule has 160 valence electrons. The summed E-state index contributed by atoms with van der Waals surface area (Å²) in [5.41, 5.74) is 2.41. The molecule has 2 aromatic carbocycles. The lowest BCUT2D eigenvalue weighted by molar-refractivity contribution is 0.488. The standard InChI is InChI=1S/C22H25BrN2O3S2/c1-22(2,3)29(26)24-18-8-6-10-20-21(18)17-7-4-5-9-19(17)25(20)30(27,28)16-13-11-15(23)12-14-16/h4-5,7,9,11-14,18,24H,6,8,10H2,1-3H3/t18-,29-/m1/s1. The monoisotopic (exact) mass is 508 g/mol. The van der Waals surface area contributed by atoms with Gasteiger partial charge >= 0.3 is 0 Å². The van der Waals surface area contributed by atoms with Gasteiger partial charge in [0.2, 0.25) is 0 Å². The van der Waals surface area contributed by atoms with Crippen LogP contribution in [0.15, 0.2) is 57.9 Å². The van der Waals surface area contributed by atoms with Crippen LogP contribution in [0.5, 0.6) is 0 Å². The summed E-state index contributed by atoms with van der Waals surface area (Å²) in [4.78, 5) is 0.252. The van der Waals surface area contributed by atoms with Crippen molar-refractivity contribution in [3.63, 3.8) is 0 Å². The van der Waals surface area contributed by atoms with Crippen molar-refractivity contribution in [3.05, 3.63) is 64.3 Å². The van der Waals surface area contributed by atoms with E-state index in [1.807, 2.05) is 45.0 Å². The first-order valence-electron chi connectivity index (χ1n) is 9.92. The normalized spacial score (nSPS) is 18.4. The fraction of sp³-hybridized carbons (Fsp3) is 0.364. The maximum atomic E-state index is 13.6. The fourth-order valence-electron chi connectivity index (χ4n) is 3.94. The van der Waals surface area contributed by atoms with Crippen molar-refractivity contribution in [1.82, 2.24) is 8.69 Å². The number of halogens is 1. The van der Waals surface area contributed by atoms with Gasteiger partial charge in [-0.25, -0.2) is 12.4 Å². The average Bonchev–Trinajstić information content (AvgIpc) is 3.03. The zero-order chi connectivity index (χ0) is 21.7. The second-order valence-corrected chi connectivity index (χ2v) is 13.2. The maximum absolute atomic E-state index is 13.6. The molecule has 1 N–H and O–H groups in total. The SMILES string of the molecule is CC(C)(C)[S@@+]([O-])N[C@@H]1CCCc2c1c1ccccc1n2S(=O)(=O)c1ccc(Br)cc1. The first-order valence-corrected chi connectivity index (χ1v) is 13.3. The van der Waals surface area contributed by atoms with Crippen molar-refractivity contribution in [1.29, 1.82) is 0 Å². The molecule has 1 heterocycles. The van der Waals surface area contributed by atoms with Gasteiger partial charge in [-0.1, -0.05) is 34.1 Å². The second-order valence-electron chi connectivity index (χ2n) is 8.54. The van der Waals surface area contributed by atoms with Crippen LogP contribution in [0.2, 0.25) is 0 Å². The predicted molar refractivity (Wildman–Crippen MR) is 125 cm³/mol. The van der Waals surface area contributed by atoms with E-state index in [0.717, 1.165) is 34.0 Å². The third-order valence-corrected chi connectivity index (χ3v) is 9.29. The van der Waals surface area contributed by atoms with Gasteiger partial charge in [0.05, 0.1) is 16.5 Å². The van der Waals surface area contributed by atoms with E-state index in [9.17, 15) is 13.0 Å². The van der Waals surface area contributed by atoms with Crippen molar-refractivity contribution in [2.75, 3.05) is 0 Å². The van der Waals surface area contributed by atoms with Crippen LogP contribution in [0, 0.1) is 0 Å². The molecule has 0 unspecified atom stereocenters. The van der Waals surface area contributed by atoms with Crippen molar-refractivity contribution < 1.29 is 13.0 Å². The molecule has 1 aliphatic carbocycles. The first-order chi connectivity index (χ1) is 14.1. The highest BCUT2D eigenvalue weighted by Crippen LogP contribution is 2.40. The van der Waals surface area contributed by atoms with Gasteiger partial charge in [0, 0.05) is 32.5 Å². The molecule has 1 aliphatic rings. The van der Waals surface area contributed by atoms with E-state index in [1.54, 1.807) is 24.3 Å². The molecule has 5 nitrogen and oxygen atoms in total. The Morgan fingerprint density at radius 3 is 2.47 bits per heavy atom. The molecule has 0 radical (unpaired) electrons. The molecular weight excluding hydrogens is 484 g/mol. The Labute approximate surface area is 189 Å². The van der Waals surface area contributed by atoms with Crippen molar-refractivity contribution in [2.45, 2.75) is 55.7 Å². The summed E-state index contributed by atoms with van der Waals surface area (Å²) in [5.74, 6) is 0. The Hall–Kier alpha value is -1.32. The number of aromatic nitrogens is 1. The van der Waals surface area contributed by atoms with Gasteiger partial charge in [-0.3, -0.25) is 0 Å². The Kier molecular flexibility index (Phi) is 5.83. The van der Waals surface area contributed by atoms with Crippen LogP contribution < -0.4 is 4.72 Å². The third-order valence-electron chi connectivity index (χ3n) is 5.38. The Balaban J connectivity index is 1.91. The molecule has 0 fully saturated rings. The summed E-state index contributed by atoms with van der Waals surface area (Å²) < 4.78 is 45.3. The van der Waals surface area contributed by atoms with E-state index in [4.69, 9.17) is 0 Å². The molecule has 4 rings (SSSR count). The number of hydrogen-bond donors (Lipinski definition) is 1. The lowest BCUT2D eigenvalue weighted by atomic mass is 9.91. The summed E-state index contributed by atoms with van der Waals surface area (Å²) in [7, 11) is -3.77. The van der Waals surface area contributed by atoms with E-state index in [0.29, 0.717) is 11.9 Å². The van der Waals surface area contributed by atoms with Crippen LogP contribution in [0.3, 0.4) is 0 Å². The minimum absolute atomic E-state index is 0.153. The van der Waals surface area contributed by atoms with E-state index in [2.05, 4.69) is 20.7 Å². The molecule has 0 saturated heterocycles. The largest absolute Gasteiger partial charge is 0.598 e. The highest BCUT2D eigenvalue weighted by atomic mass is 79.9. The molecule has 2 atom stereocenters. The molecule has 0 bridgehead atoms. The molecule has 0 aliphatic heterocycles. The second kappa shape index (κ2) is 7.98. The van der Waals surface area contributed by atoms with Crippen molar-refractivity contribution in [2.24, 2.45) is 0 Å². The van der Waals surface area contributed by atoms with E-state index in [-0.39, 0.29) is 10.9 Å². The average molecular weight is 509 g/mol. The van der Waals surface area contributed by atoms with Gasteiger partial charge in [0.25, 0.3) is 10.0 Å². The highest BCUT2D eigenvalue weighted by Gasteiger charge is 2.36. The van der Waals surface area contributed by atoms with Crippen LogP contribution in [0.25, 0.3) is 10.9 Å². The van der Waals surface area contributed by atoms with Gasteiger partial charge < -0.3 is 4.55 Å². The van der Waals surface area contributed by atoms with Crippen molar-refractivity contribution in [3.8, 4) is 0 Å². The van der Waals surface area contributed by atoms with E-state index < -0.39 is 26.1 Å². The van der Waals surface area contributed by atoms with Gasteiger partial charge in [0.1, 0.15) is 4.75 Å². The zero-order valence-corrected chi connectivity index (χ0v) is 20.4. The summed E-state index contributed by atoms with van der Waals surface area (Å²) in [6.07, 6.45) is 2.32. The number of benzene rings is 2. The molecule has 0 amide bonds. The Morgan fingerprint density at radius 1 is 1.13 bits per heavy atom. The number of para-hydroxylation sites is 1. The van der Waals surface area contributed by atoms with E-state index >= 15 is 0 Å². The quantitative estimate of drug-likeness (QED) is 0.499. The summed E-state index contributed by atoms with van der Waals surface area (Å²) in [6.45, 7) is 5.80. The summed E-state index contributed by atoms with van der Waals surface area (Å²) in [5, 5.41) is 0.899. The first kappa shape index (κ1) is 21.9. The molecule has 30 heavy (non-hydrogen) atoms. The number of rotatable bonds is 4. The Bertz CT molecular complexity index is 1180. The smallest absolute Gasteiger partial charge is 0.268 e. The maximum Gasteiger partial charge on any atom is 0.268 e. The number of nitrogens with one attached hydrogen (secondary N) is 1. The summed E-state index contributed by atoms with van der Waals surface area (Å²) in [6, 6.07) is 14.2. The molecule has 0 spiro atoms. The highest BCUT2D eigenvalue weighted by molar-refractivity contribution is 9.10. The molecule has 0 saturated carbocycles. The number of fused-ring (bicyclic) bond motifs is 3.